The number of benzene rings is 1. The lowest BCUT2D eigenvalue weighted by atomic mass is 10.2. The van der Waals surface area contributed by atoms with Crippen LogP contribution in [0.1, 0.15) is 26.3 Å². The lowest BCUT2D eigenvalue weighted by Crippen LogP contribution is -2.40. The fourth-order valence-electron chi connectivity index (χ4n) is 1.88. The minimum atomic E-state index is -1.00. The summed E-state index contributed by atoms with van der Waals surface area (Å²) in [4.78, 5) is 16.5. The Morgan fingerprint density at radius 1 is 1.28 bits per heavy atom. The third-order valence-corrected chi connectivity index (χ3v) is 3.24. The van der Waals surface area contributed by atoms with Crippen molar-refractivity contribution < 1.29 is 18.3 Å². The van der Waals surface area contributed by atoms with Crippen LogP contribution in [0, 0.1) is 11.6 Å². The molecule has 0 aliphatic rings. The van der Waals surface area contributed by atoms with Crippen LogP contribution in [-0.2, 0) is 11.3 Å². The van der Waals surface area contributed by atoms with Gasteiger partial charge in [-0.25, -0.2) is 23.6 Å². The first-order valence-corrected chi connectivity index (χ1v) is 7.85. The SMILES string of the molecule is CC(C)(C)OC(=O)N(Cc1ccc(F)c(F)c1)Nc1ncccc1Cl. The number of amides is 1. The van der Waals surface area contributed by atoms with Gasteiger partial charge in [-0.3, -0.25) is 5.43 Å². The molecule has 8 heteroatoms. The Labute approximate surface area is 149 Å². The van der Waals surface area contributed by atoms with E-state index in [9.17, 15) is 13.6 Å². The average molecular weight is 370 g/mol. The largest absolute Gasteiger partial charge is 0.442 e. The average Bonchev–Trinajstić information content (AvgIpc) is 2.50. The fourth-order valence-corrected chi connectivity index (χ4v) is 2.05. The van der Waals surface area contributed by atoms with Crippen LogP contribution < -0.4 is 5.43 Å². The molecule has 1 N–H and O–H groups in total. The van der Waals surface area contributed by atoms with Crippen molar-refractivity contribution in [3.05, 3.63) is 58.7 Å². The van der Waals surface area contributed by atoms with Gasteiger partial charge in [0.15, 0.2) is 17.5 Å². The van der Waals surface area contributed by atoms with Crippen molar-refractivity contribution in [2.24, 2.45) is 0 Å². The zero-order valence-electron chi connectivity index (χ0n) is 14.0. The molecule has 0 radical (unpaired) electrons. The summed E-state index contributed by atoms with van der Waals surface area (Å²) in [5, 5.41) is 1.38. The van der Waals surface area contributed by atoms with E-state index in [-0.39, 0.29) is 12.4 Å². The summed E-state index contributed by atoms with van der Waals surface area (Å²) in [6.07, 6.45) is 0.790. The molecule has 0 saturated carbocycles. The topological polar surface area (TPSA) is 54.5 Å². The van der Waals surface area contributed by atoms with E-state index in [1.54, 1.807) is 32.9 Å². The summed E-state index contributed by atoms with van der Waals surface area (Å²) in [5.74, 6) is -1.73. The number of anilines is 1. The van der Waals surface area contributed by atoms with E-state index < -0.39 is 23.3 Å². The minimum absolute atomic E-state index is 0.0843. The number of ether oxygens (including phenoxy) is 1. The molecule has 0 spiro atoms. The molecule has 1 amide bonds. The number of halogens is 3. The first kappa shape index (κ1) is 18.9. The highest BCUT2D eigenvalue weighted by molar-refractivity contribution is 6.32. The highest BCUT2D eigenvalue weighted by Gasteiger charge is 2.23. The van der Waals surface area contributed by atoms with Crippen molar-refractivity contribution in [2.75, 3.05) is 5.43 Å². The maximum atomic E-state index is 13.4. The second kappa shape index (κ2) is 7.65. The van der Waals surface area contributed by atoms with Gasteiger partial charge in [-0.05, 0) is 50.6 Å². The number of pyridine rings is 1. The van der Waals surface area contributed by atoms with Gasteiger partial charge in [0.1, 0.15) is 5.60 Å². The summed E-state index contributed by atoms with van der Waals surface area (Å²) in [6.45, 7) is 5.07. The lowest BCUT2D eigenvalue weighted by molar-refractivity contribution is 0.0282. The Bertz CT molecular complexity index is 766. The number of nitrogens with zero attached hydrogens (tertiary/aromatic N) is 2. The first-order valence-electron chi connectivity index (χ1n) is 7.47. The normalized spacial score (nSPS) is 11.1. The first-order chi connectivity index (χ1) is 11.7. The Hall–Kier alpha value is -2.41. The van der Waals surface area contributed by atoms with Gasteiger partial charge in [0.05, 0.1) is 11.6 Å². The Kier molecular flexibility index (Phi) is 5.79. The van der Waals surface area contributed by atoms with Gasteiger partial charge in [0.2, 0.25) is 0 Å². The second-order valence-electron chi connectivity index (χ2n) is 6.26. The van der Waals surface area contributed by atoms with E-state index in [1.807, 2.05) is 0 Å². The molecule has 0 fully saturated rings. The highest BCUT2D eigenvalue weighted by Crippen LogP contribution is 2.21. The van der Waals surface area contributed by atoms with E-state index in [4.69, 9.17) is 16.3 Å². The quantitative estimate of drug-likeness (QED) is 0.788. The monoisotopic (exact) mass is 369 g/mol. The number of carbonyl (C=O) groups excluding carboxylic acids is 1. The zero-order chi connectivity index (χ0) is 18.6. The summed E-state index contributed by atoms with van der Waals surface area (Å²) >= 11 is 6.04. The summed E-state index contributed by atoms with van der Waals surface area (Å²) < 4.78 is 31.8. The van der Waals surface area contributed by atoms with Crippen molar-refractivity contribution in [2.45, 2.75) is 32.9 Å². The van der Waals surface area contributed by atoms with Crippen LogP contribution in [0.15, 0.2) is 36.5 Å². The standard InChI is InChI=1S/C17H18ClF2N3O2/c1-17(2,3)25-16(24)23(22-15-12(18)5-4-8-21-15)10-11-6-7-13(19)14(20)9-11/h4-9H,10H2,1-3H3,(H,21,22). The van der Waals surface area contributed by atoms with Crippen molar-refractivity contribution in [1.29, 1.82) is 0 Å². The zero-order valence-corrected chi connectivity index (χ0v) is 14.8. The van der Waals surface area contributed by atoms with Gasteiger partial charge in [-0.2, -0.15) is 0 Å². The van der Waals surface area contributed by atoms with Gasteiger partial charge in [0, 0.05) is 6.20 Å². The third-order valence-electron chi connectivity index (χ3n) is 2.94. The number of hydrogen-bond donors (Lipinski definition) is 1. The third kappa shape index (κ3) is 5.56. The van der Waals surface area contributed by atoms with Gasteiger partial charge in [0.25, 0.3) is 0 Å². The number of carbonyl (C=O) groups is 1. The molecule has 0 bridgehead atoms. The van der Waals surface area contributed by atoms with Gasteiger partial charge >= 0.3 is 6.09 Å². The van der Waals surface area contributed by atoms with Crippen molar-refractivity contribution in [3.8, 4) is 0 Å². The number of rotatable bonds is 4. The minimum Gasteiger partial charge on any atom is -0.442 e. The fraction of sp³-hybridized carbons (Fsp3) is 0.294. The molecule has 0 atom stereocenters. The Morgan fingerprint density at radius 2 is 2.00 bits per heavy atom. The molecule has 1 heterocycles. The maximum Gasteiger partial charge on any atom is 0.429 e. The molecule has 1 aromatic heterocycles. The number of hydrogen-bond acceptors (Lipinski definition) is 4. The number of hydrazine groups is 1. The van der Waals surface area contributed by atoms with E-state index in [0.29, 0.717) is 10.6 Å². The summed E-state index contributed by atoms with van der Waals surface area (Å²) in [5.41, 5.74) is 2.38. The molecule has 0 aliphatic heterocycles. The molecular formula is C17H18ClF2N3O2. The predicted molar refractivity (Wildman–Crippen MR) is 91.0 cm³/mol. The van der Waals surface area contributed by atoms with E-state index >= 15 is 0 Å². The van der Waals surface area contributed by atoms with E-state index in [1.165, 1.54) is 12.3 Å². The van der Waals surface area contributed by atoms with Crippen LogP contribution in [-0.4, -0.2) is 21.7 Å². The summed E-state index contributed by atoms with van der Waals surface area (Å²) in [7, 11) is 0. The van der Waals surface area contributed by atoms with Crippen LogP contribution >= 0.6 is 11.6 Å². The molecule has 0 saturated heterocycles. The molecule has 2 rings (SSSR count). The van der Waals surface area contributed by atoms with E-state index in [0.717, 1.165) is 17.1 Å². The number of aromatic nitrogens is 1. The molecule has 2 aromatic rings. The van der Waals surface area contributed by atoms with Crippen molar-refractivity contribution in [1.82, 2.24) is 9.99 Å². The van der Waals surface area contributed by atoms with Gasteiger partial charge < -0.3 is 4.74 Å². The maximum absolute atomic E-state index is 13.4. The molecule has 0 unspecified atom stereocenters. The Balaban J connectivity index is 2.26. The smallest absolute Gasteiger partial charge is 0.429 e. The van der Waals surface area contributed by atoms with E-state index in [2.05, 4.69) is 10.4 Å². The van der Waals surface area contributed by atoms with Crippen LogP contribution in [0.5, 0.6) is 0 Å². The van der Waals surface area contributed by atoms with Crippen molar-refractivity contribution in [3.63, 3.8) is 0 Å². The number of nitrogens with one attached hydrogen (secondary N) is 1. The van der Waals surface area contributed by atoms with Gasteiger partial charge in [-0.1, -0.05) is 17.7 Å². The molecule has 5 nitrogen and oxygen atoms in total. The molecule has 0 aliphatic carbocycles. The van der Waals surface area contributed by atoms with Gasteiger partial charge in [-0.15, -0.1) is 0 Å². The van der Waals surface area contributed by atoms with Crippen LogP contribution in [0.4, 0.5) is 19.4 Å². The van der Waals surface area contributed by atoms with Crippen LogP contribution in [0.25, 0.3) is 0 Å². The highest BCUT2D eigenvalue weighted by atomic mass is 35.5. The molecule has 25 heavy (non-hydrogen) atoms. The van der Waals surface area contributed by atoms with Crippen LogP contribution in [0.2, 0.25) is 5.02 Å². The van der Waals surface area contributed by atoms with Crippen LogP contribution in [0.3, 0.4) is 0 Å². The summed E-state index contributed by atoms with van der Waals surface area (Å²) in [6, 6.07) is 6.61. The van der Waals surface area contributed by atoms with Crippen molar-refractivity contribution >= 4 is 23.5 Å². The lowest BCUT2D eigenvalue weighted by Gasteiger charge is -2.28. The molecule has 134 valence electrons. The second-order valence-corrected chi connectivity index (χ2v) is 6.67. The molecule has 1 aromatic carbocycles. The molecular weight excluding hydrogens is 352 g/mol. The Morgan fingerprint density at radius 3 is 2.60 bits per heavy atom. The predicted octanol–water partition coefficient (Wildman–Crippen LogP) is 4.78.